The summed E-state index contributed by atoms with van der Waals surface area (Å²) in [6, 6.07) is 0. The maximum Gasteiger partial charge on any atom is 0.189 e. The van der Waals surface area contributed by atoms with Gasteiger partial charge in [0.2, 0.25) is 0 Å². The van der Waals surface area contributed by atoms with E-state index in [1.165, 1.54) is 70.0 Å². The number of rotatable bonds is 16. The van der Waals surface area contributed by atoms with Crippen molar-refractivity contribution in [1.29, 1.82) is 0 Å². The molecule has 0 spiro atoms. The molecular weight excluding hydrogens is 316 g/mol. The lowest BCUT2D eigenvalue weighted by Gasteiger charge is -2.34. The fraction of sp³-hybridized carbons (Fsp3) is 1.00. The van der Waals surface area contributed by atoms with E-state index in [-0.39, 0.29) is 0 Å². The van der Waals surface area contributed by atoms with Crippen LogP contribution in [0.2, 0.25) is 18.6 Å². The lowest BCUT2D eigenvalue weighted by atomic mass is 10.1. The van der Waals surface area contributed by atoms with Crippen LogP contribution in [0.3, 0.4) is 0 Å². The molecule has 0 N–H and O–H groups in total. The molecule has 3 heteroatoms. The predicted octanol–water partition coefficient (Wildman–Crippen LogP) is 7.66. The van der Waals surface area contributed by atoms with Gasteiger partial charge in [-0.2, -0.15) is 11.8 Å². The third-order valence-corrected chi connectivity index (χ3v) is 9.58. The molecule has 2 unspecified atom stereocenters. The van der Waals surface area contributed by atoms with Gasteiger partial charge in [0.15, 0.2) is 8.32 Å². The zero-order chi connectivity index (χ0) is 17.6. The van der Waals surface area contributed by atoms with Gasteiger partial charge in [-0.05, 0) is 43.7 Å². The number of hydrogen-bond donors (Lipinski definition) is 0. The van der Waals surface area contributed by atoms with E-state index >= 15 is 0 Å². The number of thioether (sulfide) groups is 1. The second-order valence-electron chi connectivity index (χ2n) is 7.62. The van der Waals surface area contributed by atoms with E-state index in [1.54, 1.807) is 0 Å². The SMILES string of the molecule is CCCCCCCSC(C)CC(CCC)[Si](C)(C)OCCCC. The van der Waals surface area contributed by atoms with Crippen LogP contribution in [0.15, 0.2) is 0 Å². The van der Waals surface area contributed by atoms with E-state index in [4.69, 9.17) is 4.43 Å². The summed E-state index contributed by atoms with van der Waals surface area (Å²) < 4.78 is 6.39. The van der Waals surface area contributed by atoms with E-state index in [2.05, 4.69) is 52.6 Å². The fourth-order valence-electron chi connectivity index (χ4n) is 3.15. The van der Waals surface area contributed by atoms with Crippen LogP contribution in [0, 0.1) is 0 Å². The maximum absolute atomic E-state index is 6.39. The van der Waals surface area contributed by atoms with Crippen molar-refractivity contribution in [2.24, 2.45) is 0 Å². The largest absolute Gasteiger partial charge is 0.417 e. The van der Waals surface area contributed by atoms with E-state index in [1.807, 2.05) is 0 Å². The standard InChI is InChI=1S/C20H44OSSi/c1-7-10-12-13-14-17-22-19(4)18-20(15-9-3)23(5,6)21-16-11-8-2/h19-20H,7-18H2,1-6H3. The first-order chi connectivity index (χ1) is 11.0. The van der Waals surface area contributed by atoms with Crippen molar-refractivity contribution in [1.82, 2.24) is 0 Å². The molecule has 0 amide bonds. The Labute approximate surface area is 152 Å². The molecule has 0 heterocycles. The van der Waals surface area contributed by atoms with Crippen molar-refractivity contribution in [2.75, 3.05) is 12.4 Å². The minimum Gasteiger partial charge on any atom is -0.417 e. The first-order valence-corrected chi connectivity index (χ1v) is 14.3. The fourth-order valence-corrected chi connectivity index (χ4v) is 7.28. The summed E-state index contributed by atoms with van der Waals surface area (Å²) in [5, 5.41) is 0.791. The average molecular weight is 361 g/mol. The zero-order valence-corrected chi connectivity index (χ0v) is 18.8. The first-order valence-electron chi connectivity index (χ1n) is 10.2. The van der Waals surface area contributed by atoms with Crippen LogP contribution in [-0.2, 0) is 4.43 Å². The summed E-state index contributed by atoms with van der Waals surface area (Å²) in [7, 11) is -1.53. The summed E-state index contributed by atoms with van der Waals surface area (Å²) in [6.07, 6.45) is 13.5. The molecule has 0 aromatic rings. The monoisotopic (exact) mass is 360 g/mol. The lowest BCUT2D eigenvalue weighted by molar-refractivity contribution is 0.286. The van der Waals surface area contributed by atoms with Crippen LogP contribution in [0.1, 0.15) is 91.9 Å². The first kappa shape index (κ1) is 23.5. The summed E-state index contributed by atoms with van der Waals surface area (Å²) in [5.41, 5.74) is 0.826. The predicted molar refractivity (Wildman–Crippen MR) is 112 cm³/mol. The molecule has 0 saturated heterocycles. The Morgan fingerprint density at radius 2 is 1.52 bits per heavy atom. The quantitative estimate of drug-likeness (QED) is 0.206. The molecule has 1 nitrogen and oxygen atoms in total. The molecule has 0 saturated carbocycles. The van der Waals surface area contributed by atoms with Crippen LogP contribution in [0.4, 0.5) is 0 Å². The van der Waals surface area contributed by atoms with E-state index in [0.29, 0.717) is 0 Å². The molecule has 2 atom stereocenters. The van der Waals surface area contributed by atoms with Crippen molar-refractivity contribution >= 4 is 20.1 Å². The molecule has 140 valence electrons. The molecule has 0 rings (SSSR count). The summed E-state index contributed by atoms with van der Waals surface area (Å²) in [6.45, 7) is 15.2. The Kier molecular flexibility index (Phi) is 15.2. The summed E-state index contributed by atoms with van der Waals surface area (Å²) in [4.78, 5) is 0. The number of hydrogen-bond acceptors (Lipinski definition) is 2. The highest BCUT2D eigenvalue weighted by Crippen LogP contribution is 2.35. The Morgan fingerprint density at radius 1 is 0.870 bits per heavy atom. The van der Waals surface area contributed by atoms with Gasteiger partial charge in [0, 0.05) is 11.9 Å². The average Bonchev–Trinajstić information content (AvgIpc) is 2.50. The van der Waals surface area contributed by atoms with Crippen LogP contribution >= 0.6 is 11.8 Å². The molecule has 0 aliphatic rings. The third-order valence-electron chi connectivity index (χ3n) is 4.86. The lowest BCUT2D eigenvalue weighted by Crippen LogP contribution is -2.38. The molecular formula is C20H44OSSi. The van der Waals surface area contributed by atoms with Crippen molar-refractivity contribution in [2.45, 2.75) is 116 Å². The van der Waals surface area contributed by atoms with Crippen molar-refractivity contribution in [3.8, 4) is 0 Å². The Bertz CT molecular complexity index is 258. The van der Waals surface area contributed by atoms with Crippen molar-refractivity contribution in [3.05, 3.63) is 0 Å². The van der Waals surface area contributed by atoms with Gasteiger partial charge >= 0.3 is 0 Å². The maximum atomic E-state index is 6.39. The van der Waals surface area contributed by atoms with Crippen LogP contribution < -0.4 is 0 Å². The minimum absolute atomic E-state index is 0.791. The summed E-state index contributed by atoms with van der Waals surface area (Å²) in [5.74, 6) is 1.35. The molecule has 0 aliphatic heterocycles. The smallest absolute Gasteiger partial charge is 0.189 e. The van der Waals surface area contributed by atoms with Gasteiger partial charge < -0.3 is 4.43 Å². The highest BCUT2D eigenvalue weighted by atomic mass is 32.2. The molecule has 0 aliphatic carbocycles. The Morgan fingerprint density at radius 3 is 2.13 bits per heavy atom. The summed E-state index contributed by atoms with van der Waals surface area (Å²) >= 11 is 2.20. The Hall–Kier alpha value is 0.527. The molecule has 0 fully saturated rings. The zero-order valence-electron chi connectivity index (χ0n) is 17.0. The van der Waals surface area contributed by atoms with E-state index < -0.39 is 8.32 Å². The second kappa shape index (κ2) is 14.8. The molecule has 23 heavy (non-hydrogen) atoms. The van der Waals surface area contributed by atoms with Gasteiger partial charge in [-0.15, -0.1) is 0 Å². The number of unbranched alkanes of at least 4 members (excludes halogenated alkanes) is 5. The normalized spacial score (nSPS) is 14.9. The molecule has 0 radical (unpaired) electrons. The van der Waals surface area contributed by atoms with E-state index in [0.717, 1.165) is 17.4 Å². The second-order valence-corrected chi connectivity index (χ2v) is 13.5. The van der Waals surface area contributed by atoms with Gasteiger partial charge in [0.05, 0.1) is 0 Å². The van der Waals surface area contributed by atoms with Gasteiger partial charge in [-0.25, -0.2) is 0 Å². The van der Waals surface area contributed by atoms with E-state index in [9.17, 15) is 0 Å². The molecule has 0 bridgehead atoms. The van der Waals surface area contributed by atoms with Crippen LogP contribution in [0.25, 0.3) is 0 Å². The van der Waals surface area contributed by atoms with Crippen LogP contribution in [-0.4, -0.2) is 25.9 Å². The highest BCUT2D eigenvalue weighted by Gasteiger charge is 2.33. The minimum atomic E-state index is -1.53. The van der Waals surface area contributed by atoms with Gasteiger partial charge in [0.25, 0.3) is 0 Å². The molecule has 0 aromatic carbocycles. The van der Waals surface area contributed by atoms with Gasteiger partial charge in [-0.1, -0.05) is 72.6 Å². The molecule has 0 aromatic heterocycles. The third kappa shape index (κ3) is 12.5. The van der Waals surface area contributed by atoms with Gasteiger partial charge in [-0.3, -0.25) is 0 Å². The van der Waals surface area contributed by atoms with Crippen molar-refractivity contribution in [3.63, 3.8) is 0 Å². The Balaban J connectivity index is 4.12. The highest BCUT2D eigenvalue weighted by molar-refractivity contribution is 7.99. The topological polar surface area (TPSA) is 9.23 Å². The van der Waals surface area contributed by atoms with Crippen LogP contribution in [0.5, 0.6) is 0 Å². The van der Waals surface area contributed by atoms with Gasteiger partial charge in [0.1, 0.15) is 0 Å². The van der Waals surface area contributed by atoms with Crippen molar-refractivity contribution < 1.29 is 4.43 Å².